The molecule has 0 aromatic rings. The van der Waals surface area contributed by atoms with Gasteiger partial charge in [0.05, 0.1) is 12.7 Å². The molecule has 12 atom stereocenters. The number of rotatable bonds is 4. The van der Waals surface area contributed by atoms with Gasteiger partial charge in [0.2, 0.25) is 11.8 Å². The fourth-order valence-electron chi connectivity index (χ4n) is 14.1. The summed E-state index contributed by atoms with van der Waals surface area (Å²) in [5.41, 5.74) is 0.958. The van der Waals surface area contributed by atoms with E-state index in [1.807, 2.05) is 4.90 Å². The Morgan fingerprint density at radius 1 is 0.812 bits per heavy atom. The molecule has 1 N–H and O–H groups in total. The molecule has 0 unspecified atom stereocenters. The summed E-state index contributed by atoms with van der Waals surface area (Å²) in [6, 6.07) is 0.830. The highest BCUT2D eigenvalue weighted by Crippen LogP contribution is 2.76. The first kappa shape index (κ1) is 33.9. The minimum atomic E-state index is -0.343. The molecule has 7 heteroatoms. The quantitative estimate of drug-likeness (QED) is 0.323. The second kappa shape index (κ2) is 12.5. The van der Waals surface area contributed by atoms with Gasteiger partial charge < -0.3 is 24.6 Å². The SMILES string of the molecule is C[C@H]1CC[C@@]2(OC1)O[C@H]1C[C@@]3(C)[C@@H]4CC[C@@H]5C[C@H](NC(=O)CC(=O)N6CCC(N7CCCCC7)CC6)CC[C@]5(C)[C@H]4CC[C@]3(C)[C@H]1[C@@H]2C. The average molecular weight is 666 g/mol. The van der Waals surface area contributed by atoms with E-state index in [2.05, 4.69) is 44.8 Å². The maximum Gasteiger partial charge on any atom is 0.232 e. The van der Waals surface area contributed by atoms with E-state index >= 15 is 0 Å². The van der Waals surface area contributed by atoms with Crippen molar-refractivity contribution in [1.82, 2.24) is 15.1 Å². The summed E-state index contributed by atoms with van der Waals surface area (Å²) in [4.78, 5) is 31.0. The van der Waals surface area contributed by atoms with Gasteiger partial charge in [-0.15, -0.1) is 0 Å². The van der Waals surface area contributed by atoms with Gasteiger partial charge >= 0.3 is 0 Å². The number of ether oxygens (including phenoxy) is 2. The standard InChI is InChI=1S/C41H67N3O4/c1-27-11-18-41(47-26-27)28(2)37-34(48-41)25-40(5)33-10-9-29-23-30(12-16-38(29,3)32(33)13-17-39(37,40)4)42-35(45)24-36(46)44-21-14-31(15-22-44)43-19-7-6-8-20-43/h27-34,37H,6-26H2,1-5H3,(H,42,45)/t27-,28-,29+,30+,32-,33+,34-,37-,38-,39+,40-,41+/m0/s1. The second-order valence-electron chi connectivity index (χ2n) is 19.2. The topological polar surface area (TPSA) is 71.1 Å². The number of nitrogens with zero attached hydrogens (tertiary/aromatic N) is 2. The van der Waals surface area contributed by atoms with Crippen LogP contribution in [0.2, 0.25) is 0 Å². The van der Waals surface area contributed by atoms with Gasteiger partial charge in [0.1, 0.15) is 6.42 Å². The zero-order chi connectivity index (χ0) is 33.5. The Kier molecular flexibility index (Phi) is 8.84. The van der Waals surface area contributed by atoms with Crippen molar-refractivity contribution in [3.8, 4) is 0 Å². The summed E-state index contributed by atoms with van der Waals surface area (Å²) in [5, 5.41) is 3.36. The fourth-order valence-corrected chi connectivity index (χ4v) is 14.1. The van der Waals surface area contributed by atoms with Crippen LogP contribution in [0.4, 0.5) is 0 Å². The molecule has 8 rings (SSSR count). The van der Waals surface area contributed by atoms with E-state index < -0.39 is 0 Å². The normalized spacial score (nSPS) is 49.6. The van der Waals surface area contributed by atoms with Crippen molar-refractivity contribution >= 4 is 11.8 Å². The number of hydrogen-bond donors (Lipinski definition) is 1. The number of nitrogens with one attached hydrogen (secondary N) is 1. The van der Waals surface area contributed by atoms with E-state index in [4.69, 9.17) is 9.47 Å². The predicted octanol–water partition coefficient (Wildman–Crippen LogP) is 7.17. The minimum absolute atomic E-state index is 0.0165. The van der Waals surface area contributed by atoms with Crippen LogP contribution in [-0.4, -0.2) is 78.4 Å². The van der Waals surface area contributed by atoms with E-state index in [-0.39, 0.29) is 30.1 Å². The smallest absolute Gasteiger partial charge is 0.232 e. The first-order valence-electron chi connectivity index (χ1n) is 20.6. The van der Waals surface area contributed by atoms with Gasteiger partial charge in [-0.05, 0) is 142 Å². The Hall–Kier alpha value is -1.18. The summed E-state index contributed by atoms with van der Waals surface area (Å²) in [6.45, 7) is 17.6. The Balaban J connectivity index is 0.859. The molecule has 4 saturated heterocycles. The van der Waals surface area contributed by atoms with Crippen LogP contribution in [0.5, 0.6) is 0 Å². The van der Waals surface area contributed by atoms with Crippen molar-refractivity contribution in [2.24, 2.45) is 51.8 Å². The zero-order valence-corrected chi connectivity index (χ0v) is 31.1. The molecular formula is C41H67N3O4. The third kappa shape index (κ3) is 5.35. The summed E-state index contributed by atoms with van der Waals surface area (Å²) in [6.07, 6.45) is 18.5. The van der Waals surface area contributed by atoms with Crippen LogP contribution in [-0.2, 0) is 19.1 Å². The van der Waals surface area contributed by atoms with Gasteiger partial charge in [0.25, 0.3) is 0 Å². The molecule has 4 heterocycles. The van der Waals surface area contributed by atoms with Crippen LogP contribution < -0.4 is 5.32 Å². The Labute approximate surface area is 291 Å². The van der Waals surface area contributed by atoms with Crippen molar-refractivity contribution in [1.29, 1.82) is 0 Å². The number of fused-ring (bicyclic) bond motifs is 7. The van der Waals surface area contributed by atoms with Gasteiger partial charge in [0, 0.05) is 37.5 Å². The van der Waals surface area contributed by atoms with Crippen molar-refractivity contribution in [2.45, 2.75) is 161 Å². The highest BCUT2D eigenvalue weighted by atomic mass is 16.7. The predicted molar refractivity (Wildman–Crippen MR) is 188 cm³/mol. The third-order valence-corrected chi connectivity index (χ3v) is 17.1. The highest BCUT2D eigenvalue weighted by Gasteiger charge is 2.73. The summed E-state index contributed by atoms with van der Waals surface area (Å²) in [7, 11) is 0. The highest BCUT2D eigenvalue weighted by molar-refractivity contribution is 5.97. The molecule has 1 spiro atoms. The van der Waals surface area contributed by atoms with Crippen molar-refractivity contribution in [3.05, 3.63) is 0 Å². The molecule has 4 aliphatic heterocycles. The molecule has 8 aliphatic rings. The lowest BCUT2D eigenvalue weighted by molar-refractivity contribution is -0.276. The first-order chi connectivity index (χ1) is 23.0. The van der Waals surface area contributed by atoms with Gasteiger partial charge in [-0.3, -0.25) is 9.59 Å². The number of hydrogen-bond acceptors (Lipinski definition) is 5. The van der Waals surface area contributed by atoms with Gasteiger partial charge in [-0.1, -0.05) is 41.0 Å². The molecule has 2 amide bonds. The van der Waals surface area contributed by atoms with Crippen molar-refractivity contribution in [2.75, 3.05) is 32.8 Å². The maximum absolute atomic E-state index is 13.2. The largest absolute Gasteiger partial charge is 0.353 e. The van der Waals surface area contributed by atoms with Crippen LogP contribution in [0, 0.1) is 51.8 Å². The molecule has 4 aliphatic carbocycles. The first-order valence-corrected chi connectivity index (χ1v) is 20.6. The van der Waals surface area contributed by atoms with E-state index in [9.17, 15) is 9.59 Å². The number of carbonyl (C=O) groups is 2. The average Bonchev–Trinajstić information content (AvgIpc) is 3.48. The molecule has 48 heavy (non-hydrogen) atoms. The molecule has 270 valence electrons. The molecule has 0 aromatic carbocycles. The third-order valence-electron chi connectivity index (χ3n) is 17.1. The van der Waals surface area contributed by atoms with Crippen LogP contribution >= 0.6 is 0 Å². The molecule has 7 nitrogen and oxygen atoms in total. The minimum Gasteiger partial charge on any atom is -0.353 e. The monoisotopic (exact) mass is 666 g/mol. The molecule has 0 bridgehead atoms. The molecule has 0 radical (unpaired) electrons. The Morgan fingerprint density at radius 3 is 2.31 bits per heavy atom. The number of piperidine rings is 2. The van der Waals surface area contributed by atoms with E-state index in [0.717, 1.165) is 63.6 Å². The maximum atomic E-state index is 13.2. The van der Waals surface area contributed by atoms with Crippen LogP contribution in [0.3, 0.4) is 0 Å². The van der Waals surface area contributed by atoms with Gasteiger partial charge in [0.15, 0.2) is 5.79 Å². The number of carbonyl (C=O) groups excluding carboxylic acids is 2. The lowest BCUT2D eigenvalue weighted by Crippen LogP contribution is -2.59. The van der Waals surface area contributed by atoms with Crippen LogP contribution in [0.25, 0.3) is 0 Å². The fraction of sp³-hybridized carbons (Fsp3) is 0.951. The van der Waals surface area contributed by atoms with Gasteiger partial charge in [-0.25, -0.2) is 0 Å². The summed E-state index contributed by atoms with van der Waals surface area (Å²) >= 11 is 0. The number of amides is 2. The van der Waals surface area contributed by atoms with Gasteiger partial charge in [-0.2, -0.15) is 0 Å². The van der Waals surface area contributed by atoms with E-state index in [1.165, 1.54) is 77.3 Å². The number of likely N-dealkylation sites (tertiary alicyclic amines) is 2. The molecule has 4 saturated carbocycles. The van der Waals surface area contributed by atoms with Crippen LogP contribution in [0.15, 0.2) is 0 Å². The second-order valence-corrected chi connectivity index (χ2v) is 19.2. The molecular weight excluding hydrogens is 598 g/mol. The van der Waals surface area contributed by atoms with E-state index in [0.29, 0.717) is 52.1 Å². The molecule has 0 aromatic heterocycles. The van der Waals surface area contributed by atoms with E-state index in [1.54, 1.807) is 0 Å². The zero-order valence-electron chi connectivity index (χ0n) is 31.1. The van der Waals surface area contributed by atoms with Crippen LogP contribution in [0.1, 0.15) is 137 Å². The van der Waals surface area contributed by atoms with Crippen molar-refractivity contribution in [3.63, 3.8) is 0 Å². The lowest BCUT2D eigenvalue weighted by atomic mass is 9.40. The Bertz CT molecular complexity index is 1220. The summed E-state index contributed by atoms with van der Waals surface area (Å²) < 4.78 is 13.6. The summed E-state index contributed by atoms with van der Waals surface area (Å²) in [5.74, 6) is 3.50. The van der Waals surface area contributed by atoms with Crippen molar-refractivity contribution < 1.29 is 19.1 Å². The lowest BCUT2D eigenvalue weighted by Gasteiger charge is -2.65. The Morgan fingerprint density at radius 2 is 1.58 bits per heavy atom. The molecule has 8 fully saturated rings.